The fourth-order valence-electron chi connectivity index (χ4n) is 4.10. The number of morpholine rings is 1. The lowest BCUT2D eigenvalue weighted by Gasteiger charge is -2.29. The lowest BCUT2D eigenvalue weighted by Crippen LogP contribution is -2.53. The van der Waals surface area contributed by atoms with Crippen LogP contribution < -0.4 is 10.2 Å². The molecule has 0 unspecified atom stereocenters. The summed E-state index contributed by atoms with van der Waals surface area (Å²) in [4.78, 5) is 28.8. The van der Waals surface area contributed by atoms with Crippen LogP contribution in [-0.2, 0) is 14.3 Å². The molecular formula is C23H26N4O3S. The summed E-state index contributed by atoms with van der Waals surface area (Å²) in [7, 11) is 0. The number of carbonyl (C=O) groups excluding carboxylic acids is 2. The van der Waals surface area contributed by atoms with Crippen LogP contribution >= 0.6 is 12.2 Å². The molecule has 2 aromatic rings. The van der Waals surface area contributed by atoms with E-state index in [4.69, 9.17) is 17.0 Å². The Balaban J connectivity index is 1.65. The van der Waals surface area contributed by atoms with Crippen LogP contribution in [0.25, 0.3) is 11.8 Å². The molecule has 0 atom stereocenters. The Morgan fingerprint density at radius 1 is 1.10 bits per heavy atom. The molecule has 162 valence electrons. The number of aromatic nitrogens is 1. The van der Waals surface area contributed by atoms with Gasteiger partial charge in [-0.2, -0.15) is 0 Å². The van der Waals surface area contributed by atoms with E-state index in [0.717, 1.165) is 48.9 Å². The number of nitrogens with one attached hydrogen (secondary N) is 1. The molecule has 2 aliphatic heterocycles. The Labute approximate surface area is 187 Å². The van der Waals surface area contributed by atoms with Crippen molar-refractivity contribution in [1.82, 2.24) is 14.8 Å². The third-order valence-corrected chi connectivity index (χ3v) is 6.08. The van der Waals surface area contributed by atoms with Gasteiger partial charge >= 0.3 is 0 Å². The molecule has 4 rings (SSSR count). The van der Waals surface area contributed by atoms with Crippen LogP contribution in [0, 0.1) is 13.8 Å². The van der Waals surface area contributed by atoms with Crippen molar-refractivity contribution in [2.75, 3.05) is 37.7 Å². The Kier molecular flexibility index (Phi) is 5.93. The van der Waals surface area contributed by atoms with Crippen molar-refractivity contribution in [3.63, 3.8) is 0 Å². The molecule has 1 aromatic carbocycles. The van der Waals surface area contributed by atoms with E-state index < -0.39 is 5.91 Å². The van der Waals surface area contributed by atoms with Gasteiger partial charge in [-0.25, -0.2) is 0 Å². The van der Waals surface area contributed by atoms with E-state index >= 15 is 0 Å². The van der Waals surface area contributed by atoms with E-state index in [-0.39, 0.29) is 16.6 Å². The van der Waals surface area contributed by atoms with Gasteiger partial charge < -0.3 is 14.2 Å². The minimum Gasteiger partial charge on any atom is -0.378 e. The third-order valence-electron chi connectivity index (χ3n) is 5.76. The largest absolute Gasteiger partial charge is 0.378 e. The lowest BCUT2D eigenvalue weighted by molar-refractivity contribution is -0.128. The number of hydrogen-bond donors (Lipinski definition) is 1. The molecule has 8 heteroatoms. The molecule has 1 aromatic heterocycles. The van der Waals surface area contributed by atoms with Crippen molar-refractivity contribution in [3.05, 3.63) is 52.9 Å². The highest BCUT2D eigenvalue weighted by molar-refractivity contribution is 7.80. The molecule has 0 bridgehead atoms. The first-order valence-corrected chi connectivity index (χ1v) is 10.8. The van der Waals surface area contributed by atoms with Gasteiger partial charge in [-0.3, -0.25) is 19.8 Å². The van der Waals surface area contributed by atoms with Crippen molar-refractivity contribution in [1.29, 1.82) is 0 Å². The molecule has 31 heavy (non-hydrogen) atoms. The highest BCUT2D eigenvalue weighted by Crippen LogP contribution is 2.26. The number of ether oxygens (including phenoxy) is 1. The van der Waals surface area contributed by atoms with Crippen LogP contribution in [0.15, 0.2) is 35.9 Å². The van der Waals surface area contributed by atoms with Crippen molar-refractivity contribution < 1.29 is 14.3 Å². The van der Waals surface area contributed by atoms with Crippen molar-refractivity contribution >= 4 is 40.9 Å². The zero-order valence-corrected chi connectivity index (χ0v) is 18.8. The average molecular weight is 439 g/mol. The Bertz CT molecular complexity index is 1070. The van der Waals surface area contributed by atoms with Crippen LogP contribution in [0.2, 0.25) is 0 Å². The van der Waals surface area contributed by atoms with Gasteiger partial charge in [0.25, 0.3) is 11.8 Å². The van der Waals surface area contributed by atoms with E-state index in [1.54, 1.807) is 6.08 Å². The third kappa shape index (κ3) is 4.00. The molecule has 2 saturated heterocycles. The first-order chi connectivity index (χ1) is 14.9. The van der Waals surface area contributed by atoms with Crippen LogP contribution in [0.4, 0.5) is 5.69 Å². The number of aryl methyl sites for hydroxylation is 1. The summed E-state index contributed by atoms with van der Waals surface area (Å²) < 4.78 is 7.56. The number of thiocarbonyl (C=S) groups is 1. The zero-order chi connectivity index (χ0) is 22.1. The summed E-state index contributed by atoms with van der Waals surface area (Å²) in [6.07, 6.45) is 1.66. The highest BCUT2D eigenvalue weighted by Gasteiger charge is 2.32. The van der Waals surface area contributed by atoms with Crippen LogP contribution in [0.5, 0.6) is 0 Å². The lowest BCUT2D eigenvalue weighted by atomic mass is 10.1. The maximum atomic E-state index is 12.7. The van der Waals surface area contributed by atoms with Gasteiger partial charge in [0.05, 0.1) is 13.2 Å². The predicted octanol–water partition coefficient (Wildman–Crippen LogP) is 2.58. The van der Waals surface area contributed by atoms with Crippen molar-refractivity contribution in [2.45, 2.75) is 20.8 Å². The number of hydrogen-bond acceptors (Lipinski definition) is 5. The second-order valence-corrected chi connectivity index (χ2v) is 8.03. The maximum absolute atomic E-state index is 12.7. The van der Waals surface area contributed by atoms with Crippen LogP contribution in [0.3, 0.4) is 0 Å². The number of nitrogens with zero attached hydrogens (tertiary/aromatic N) is 3. The van der Waals surface area contributed by atoms with E-state index in [1.807, 2.05) is 26.8 Å². The van der Waals surface area contributed by atoms with Gasteiger partial charge in [0.2, 0.25) is 0 Å². The number of likely N-dealkylation sites (N-methyl/N-ethyl adjacent to an activating group) is 1. The fraction of sp³-hybridized carbons (Fsp3) is 0.348. The summed E-state index contributed by atoms with van der Waals surface area (Å²) >= 11 is 5.10. The molecule has 1 N–H and O–H groups in total. The molecule has 0 radical (unpaired) electrons. The summed E-state index contributed by atoms with van der Waals surface area (Å²) in [5.41, 5.74) is 5.12. The van der Waals surface area contributed by atoms with Gasteiger partial charge in [0, 0.05) is 42.4 Å². The smallest absolute Gasteiger partial charge is 0.265 e. The minimum atomic E-state index is -0.459. The molecule has 2 aliphatic rings. The monoisotopic (exact) mass is 438 g/mol. The van der Waals surface area contributed by atoms with Crippen LogP contribution in [0.1, 0.15) is 23.9 Å². The Morgan fingerprint density at radius 2 is 1.74 bits per heavy atom. The number of anilines is 1. The summed E-state index contributed by atoms with van der Waals surface area (Å²) in [5.74, 6) is -0.824. The summed E-state index contributed by atoms with van der Waals surface area (Å²) in [6, 6.07) is 10.4. The Hall–Kier alpha value is -2.97. The standard InChI is InChI=1S/C23H26N4O3S/c1-4-26-22(29)20(21(28)24-23(26)31)14-17-13-15(2)27(16(17)3)19-7-5-18(6-8-19)25-9-11-30-12-10-25/h5-8,13-14H,4,9-12H2,1-3H3,(H,24,28,31). The second kappa shape index (κ2) is 8.64. The van der Waals surface area contributed by atoms with E-state index in [2.05, 4.69) is 39.0 Å². The van der Waals surface area contributed by atoms with E-state index in [1.165, 1.54) is 10.6 Å². The summed E-state index contributed by atoms with van der Waals surface area (Å²) in [6.45, 7) is 9.53. The molecule has 0 spiro atoms. The van der Waals surface area contributed by atoms with Gasteiger partial charge in [-0.05, 0) is 75.0 Å². The number of carbonyl (C=O) groups is 2. The fourth-order valence-corrected chi connectivity index (χ4v) is 4.41. The SMILES string of the molecule is CCN1C(=O)C(=Cc2cc(C)n(-c3ccc(N4CCOCC4)cc3)c2C)C(=O)NC1=S. The molecule has 2 fully saturated rings. The quantitative estimate of drug-likeness (QED) is 0.452. The van der Waals surface area contributed by atoms with Gasteiger partial charge in [0.15, 0.2) is 5.11 Å². The van der Waals surface area contributed by atoms with Gasteiger partial charge in [-0.1, -0.05) is 0 Å². The van der Waals surface area contributed by atoms with E-state index in [9.17, 15) is 9.59 Å². The van der Waals surface area contributed by atoms with Crippen molar-refractivity contribution in [2.24, 2.45) is 0 Å². The first-order valence-electron chi connectivity index (χ1n) is 10.4. The first kappa shape index (κ1) is 21.3. The molecule has 7 nitrogen and oxygen atoms in total. The van der Waals surface area contributed by atoms with E-state index in [0.29, 0.717) is 6.54 Å². The minimum absolute atomic E-state index is 0.0957. The zero-order valence-electron chi connectivity index (χ0n) is 18.0. The molecule has 3 heterocycles. The van der Waals surface area contributed by atoms with Gasteiger partial charge in [-0.15, -0.1) is 0 Å². The average Bonchev–Trinajstić information content (AvgIpc) is 3.05. The Morgan fingerprint density at radius 3 is 2.39 bits per heavy atom. The van der Waals surface area contributed by atoms with Crippen molar-refractivity contribution in [3.8, 4) is 5.69 Å². The predicted molar refractivity (Wildman–Crippen MR) is 124 cm³/mol. The molecule has 2 amide bonds. The number of amides is 2. The topological polar surface area (TPSA) is 66.8 Å². The van der Waals surface area contributed by atoms with Crippen LogP contribution in [-0.4, -0.2) is 59.2 Å². The second-order valence-electron chi connectivity index (χ2n) is 7.64. The number of rotatable bonds is 4. The summed E-state index contributed by atoms with van der Waals surface area (Å²) in [5, 5.41) is 2.75. The molecule has 0 saturated carbocycles. The molecule has 0 aliphatic carbocycles. The normalized spacial score (nSPS) is 18.7. The number of benzene rings is 1. The van der Waals surface area contributed by atoms with Gasteiger partial charge in [0.1, 0.15) is 5.57 Å². The molecular weight excluding hydrogens is 412 g/mol. The highest BCUT2D eigenvalue weighted by atomic mass is 32.1. The maximum Gasteiger partial charge on any atom is 0.265 e.